The molecule has 3 aromatic rings. The lowest BCUT2D eigenvalue weighted by Gasteiger charge is -2.21. The van der Waals surface area contributed by atoms with E-state index in [2.05, 4.69) is 9.72 Å². The lowest BCUT2D eigenvalue weighted by molar-refractivity contribution is -0.377. The third-order valence-electron chi connectivity index (χ3n) is 5.35. The molecule has 11 heteroatoms. The minimum absolute atomic E-state index is 0.0989. The van der Waals surface area contributed by atoms with Gasteiger partial charge in [0.1, 0.15) is 16.1 Å². The summed E-state index contributed by atoms with van der Waals surface area (Å²) in [5, 5.41) is 0.601. The van der Waals surface area contributed by atoms with E-state index in [-0.39, 0.29) is 17.9 Å². The highest BCUT2D eigenvalue weighted by molar-refractivity contribution is 8.13. The molecule has 1 N–H and O–H groups in total. The van der Waals surface area contributed by atoms with Crippen molar-refractivity contribution >= 4 is 51.9 Å². The van der Waals surface area contributed by atoms with E-state index in [1.165, 1.54) is 6.07 Å². The summed E-state index contributed by atoms with van der Waals surface area (Å²) in [4.78, 5) is 16.3. The van der Waals surface area contributed by atoms with E-state index in [9.17, 15) is 13.6 Å². The highest BCUT2D eigenvalue weighted by Crippen LogP contribution is 2.38. The van der Waals surface area contributed by atoms with Crippen molar-refractivity contribution < 1.29 is 32.8 Å². The third-order valence-corrected chi connectivity index (χ3v) is 7.01. The highest BCUT2D eigenvalue weighted by atomic mass is 35.5. The van der Waals surface area contributed by atoms with Crippen molar-refractivity contribution in [2.45, 2.75) is 36.9 Å². The third kappa shape index (κ3) is 7.62. The smallest absolute Gasteiger partial charge is 0.387 e. The standard InChI is InChI=1S/C25H20Cl3F2NO4S/c26-16-2-1-3-17(9-16)36-25(32)35-22(10-18-19(27)11-31-12-20(18)28)15-6-7-21(34-24(29)30)23(8-15)33-13-14-4-5-14/h1-3,6-9,11-12,14,22,24H,4-5,10,13H2/p+1/t22-/m0/s1. The number of hydrogen-bond acceptors (Lipinski definition) is 5. The van der Waals surface area contributed by atoms with Gasteiger partial charge in [-0.25, -0.2) is 9.78 Å². The molecule has 1 aliphatic carbocycles. The van der Waals surface area contributed by atoms with Gasteiger partial charge in [-0.3, -0.25) is 0 Å². The van der Waals surface area contributed by atoms with Crippen LogP contribution < -0.4 is 14.5 Å². The predicted molar refractivity (Wildman–Crippen MR) is 135 cm³/mol. The molecule has 0 unspecified atom stereocenters. The van der Waals surface area contributed by atoms with Gasteiger partial charge in [0.2, 0.25) is 0 Å². The number of halogens is 5. The molecule has 1 saturated carbocycles. The summed E-state index contributed by atoms with van der Waals surface area (Å²) >= 11 is 19.6. The van der Waals surface area contributed by atoms with Crippen molar-refractivity contribution in [3.8, 4) is 11.5 Å². The summed E-state index contributed by atoms with van der Waals surface area (Å²) in [6, 6.07) is 11.2. The van der Waals surface area contributed by atoms with Crippen molar-refractivity contribution in [2.75, 3.05) is 6.61 Å². The Hall–Kier alpha value is -2.26. The SMILES string of the molecule is O=C(O[C@@H](Cc1c(Cl)c[nH+]cc1Cl)c1ccc(OC(F)F)c(OCC2CC2)c1)Sc1cccc(Cl)c1. The van der Waals surface area contributed by atoms with Gasteiger partial charge >= 0.3 is 11.9 Å². The number of carbonyl (C=O) groups excluding carboxylic acids is 1. The van der Waals surface area contributed by atoms with Crippen molar-refractivity contribution in [2.24, 2.45) is 5.92 Å². The predicted octanol–water partition coefficient (Wildman–Crippen LogP) is 8.06. The van der Waals surface area contributed by atoms with Crippen molar-refractivity contribution in [1.29, 1.82) is 0 Å². The molecular formula is C25H21Cl3F2NO4S+. The average Bonchev–Trinajstić information content (AvgIpc) is 3.64. The molecule has 0 saturated heterocycles. The second-order valence-electron chi connectivity index (χ2n) is 8.09. The van der Waals surface area contributed by atoms with E-state index in [4.69, 9.17) is 44.3 Å². The van der Waals surface area contributed by atoms with Crippen molar-refractivity contribution in [3.63, 3.8) is 0 Å². The number of ether oxygens (including phenoxy) is 3. The number of hydrogen-bond donors (Lipinski definition) is 0. The van der Waals surface area contributed by atoms with Crippen LogP contribution in [0.5, 0.6) is 11.5 Å². The first-order chi connectivity index (χ1) is 17.3. The molecule has 1 aliphatic rings. The van der Waals surface area contributed by atoms with E-state index >= 15 is 0 Å². The molecule has 190 valence electrons. The summed E-state index contributed by atoms with van der Waals surface area (Å²) in [6.45, 7) is -2.63. The van der Waals surface area contributed by atoms with Crippen LogP contribution >= 0.6 is 46.6 Å². The highest BCUT2D eigenvalue weighted by Gasteiger charge is 2.26. The second kappa shape index (κ2) is 12.3. The van der Waals surface area contributed by atoms with Crippen LogP contribution in [-0.2, 0) is 11.2 Å². The van der Waals surface area contributed by atoms with Gasteiger partial charge < -0.3 is 14.2 Å². The van der Waals surface area contributed by atoms with Crippen LogP contribution in [0.15, 0.2) is 59.8 Å². The van der Waals surface area contributed by atoms with Crippen LogP contribution in [0.4, 0.5) is 13.6 Å². The van der Waals surface area contributed by atoms with E-state index in [1.54, 1.807) is 48.8 Å². The van der Waals surface area contributed by atoms with Gasteiger partial charge in [0, 0.05) is 21.9 Å². The number of pyridine rings is 1. The number of aromatic amines is 1. The maximum Gasteiger partial charge on any atom is 0.387 e. The molecule has 0 amide bonds. The number of thioether (sulfide) groups is 1. The fraction of sp³-hybridized carbons (Fsp3) is 0.280. The molecule has 0 aliphatic heterocycles. The molecule has 0 spiro atoms. The first-order valence-electron chi connectivity index (χ1n) is 11.0. The summed E-state index contributed by atoms with van der Waals surface area (Å²) < 4.78 is 42.2. The van der Waals surface area contributed by atoms with Gasteiger partial charge in [-0.05, 0) is 66.4 Å². The van der Waals surface area contributed by atoms with Crippen LogP contribution in [0.25, 0.3) is 0 Å². The van der Waals surface area contributed by atoms with Gasteiger partial charge in [0.25, 0.3) is 0 Å². The van der Waals surface area contributed by atoms with Crippen LogP contribution in [0.1, 0.15) is 30.1 Å². The van der Waals surface area contributed by atoms with E-state index in [1.807, 2.05) is 0 Å². The van der Waals surface area contributed by atoms with Crippen LogP contribution in [0, 0.1) is 5.92 Å². The van der Waals surface area contributed by atoms with Gasteiger partial charge in [-0.15, -0.1) is 0 Å². The topological polar surface area (TPSA) is 58.9 Å². The zero-order valence-corrected chi connectivity index (χ0v) is 21.8. The fourth-order valence-corrected chi connectivity index (χ4v) is 4.85. The Balaban J connectivity index is 1.63. The first kappa shape index (κ1) is 26.8. The monoisotopic (exact) mass is 574 g/mol. The molecule has 1 atom stereocenters. The van der Waals surface area contributed by atoms with Gasteiger partial charge in [-0.2, -0.15) is 8.78 Å². The molecule has 36 heavy (non-hydrogen) atoms. The minimum atomic E-state index is -3.01. The van der Waals surface area contributed by atoms with Crippen LogP contribution in [0.2, 0.25) is 15.1 Å². The Kier molecular flexibility index (Phi) is 9.17. The fourth-order valence-electron chi connectivity index (χ4n) is 3.37. The lowest BCUT2D eigenvalue weighted by Crippen LogP contribution is -2.14. The van der Waals surface area contributed by atoms with Crippen molar-refractivity contribution in [3.05, 3.63) is 81.1 Å². The number of carbonyl (C=O) groups is 1. The summed E-state index contributed by atoms with van der Waals surface area (Å²) in [7, 11) is 0. The molecule has 5 nitrogen and oxygen atoms in total. The summed E-state index contributed by atoms with van der Waals surface area (Å²) in [5.41, 5.74) is 1.05. The Morgan fingerprint density at radius 1 is 1.06 bits per heavy atom. The molecular weight excluding hydrogens is 555 g/mol. The number of alkyl halides is 2. The number of H-pyrrole nitrogens is 1. The maximum absolute atomic E-state index is 13.0. The van der Waals surface area contributed by atoms with Crippen LogP contribution in [-0.4, -0.2) is 18.5 Å². The number of nitrogens with one attached hydrogen (secondary N) is 1. The zero-order chi connectivity index (χ0) is 25.7. The molecule has 1 heterocycles. The van der Waals surface area contributed by atoms with Crippen LogP contribution in [0.3, 0.4) is 0 Å². The normalized spacial score (nSPS) is 13.9. The first-order valence-corrected chi connectivity index (χ1v) is 12.9. The number of benzene rings is 2. The maximum atomic E-state index is 13.0. The number of aromatic nitrogens is 1. The van der Waals surface area contributed by atoms with Gasteiger partial charge in [0.15, 0.2) is 23.9 Å². The largest absolute Gasteiger partial charge is 0.489 e. The summed E-state index contributed by atoms with van der Waals surface area (Å²) in [6.07, 6.45) is 4.44. The second-order valence-corrected chi connectivity index (χ2v) is 10.3. The Morgan fingerprint density at radius 2 is 1.81 bits per heavy atom. The minimum Gasteiger partial charge on any atom is -0.489 e. The van der Waals surface area contributed by atoms with E-state index < -0.39 is 18.0 Å². The lowest BCUT2D eigenvalue weighted by atomic mass is 10.0. The number of rotatable bonds is 10. The zero-order valence-electron chi connectivity index (χ0n) is 18.7. The molecule has 0 bridgehead atoms. The Labute approximate surface area is 226 Å². The summed E-state index contributed by atoms with van der Waals surface area (Å²) in [5.74, 6) is 0.425. The van der Waals surface area contributed by atoms with E-state index in [0.717, 1.165) is 24.6 Å². The molecule has 0 radical (unpaired) electrons. The average molecular weight is 576 g/mol. The van der Waals surface area contributed by atoms with Gasteiger partial charge in [0.05, 0.1) is 6.61 Å². The molecule has 1 fully saturated rings. The quantitative estimate of drug-likeness (QED) is 0.181. The molecule has 2 aromatic carbocycles. The molecule has 1 aromatic heterocycles. The van der Waals surface area contributed by atoms with E-state index in [0.29, 0.717) is 43.6 Å². The van der Waals surface area contributed by atoms with Crippen molar-refractivity contribution in [1.82, 2.24) is 0 Å². The Morgan fingerprint density at radius 3 is 2.47 bits per heavy atom. The Bertz CT molecular complexity index is 1210. The molecule has 4 rings (SSSR count). The van der Waals surface area contributed by atoms with Gasteiger partial charge in [-0.1, -0.05) is 46.9 Å².